The normalized spacial score (nSPS) is 12.4. The van der Waals surface area contributed by atoms with Gasteiger partial charge in [0.25, 0.3) is 5.91 Å². The van der Waals surface area contributed by atoms with Crippen LogP contribution in [-0.2, 0) is 14.3 Å². The van der Waals surface area contributed by atoms with Gasteiger partial charge in [-0.3, -0.25) is 9.59 Å². The molecule has 1 rings (SSSR count). The largest absolute Gasteiger partial charge is 0.444 e. The van der Waals surface area contributed by atoms with Gasteiger partial charge >= 0.3 is 6.09 Å². The first kappa shape index (κ1) is 20.1. The Hall–Kier alpha value is -1.96. The minimum absolute atomic E-state index is 0.163. The van der Waals surface area contributed by atoms with Crippen LogP contribution < -0.4 is 10.2 Å². The zero-order valence-corrected chi connectivity index (χ0v) is 15.6. The predicted octanol–water partition coefficient (Wildman–Crippen LogP) is 3.11. The van der Waals surface area contributed by atoms with E-state index in [1.807, 2.05) is 6.92 Å². The molecule has 1 aromatic heterocycles. The summed E-state index contributed by atoms with van der Waals surface area (Å²) in [5.74, 6) is -0.855. The Kier molecular flexibility index (Phi) is 7.34. The molecule has 0 aliphatic heterocycles. The number of imide groups is 1. The number of thiazole rings is 1. The second-order valence-corrected chi connectivity index (χ2v) is 7.10. The quantitative estimate of drug-likeness (QED) is 0.847. The highest BCUT2D eigenvalue weighted by atomic mass is 32.1. The van der Waals surface area contributed by atoms with Crippen molar-refractivity contribution in [1.29, 1.82) is 0 Å². The van der Waals surface area contributed by atoms with Gasteiger partial charge in [0.15, 0.2) is 5.13 Å². The molecule has 1 unspecified atom stereocenters. The minimum atomic E-state index is -0.843. The van der Waals surface area contributed by atoms with Crippen molar-refractivity contribution in [3.8, 4) is 0 Å². The molecule has 1 atom stereocenters. The first-order valence-corrected chi connectivity index (χ1v) is 8.83. The van der Waals surface area contributed by atoms with Crippen LogP contribution >= 0.6 is 11.3 Å². The summed E-state index contributed by atoms with van der Waals surface area (Å²) in [5.41, 5.74) is -0.669. The lowest BCUT2D eigenvalue weighted by molar-refractivity contribution is -0.127. The van der Waals surface area contributed by atoms with E-state index in [2.05, 4.69) is 10.3 Å². The SMILES string of the molecule is CCCC(NC(=O)OC(C)(C)C)C(=O)N(C(=O)CC)c1nccs1. The highest BCUT2D eigenvalue weighted by Gasteiger charge is 2.32. The second kappa shape index (κ2) is 8.77. The lowest BCUT2D eigenvalue weighted by atomic mass is 10.1. The van der Waals surface area contributed by atoms with Gasteiger partial charge < -0.3 is 10.1 Å². The molecule has 0 saturated heterocycles. The number of anilines is 1. The number of amides is 3. The molecular formula is C16H25N3O4S. The first-order valence-electron chi connectivity index (χ1n) is 7.95. The zero-order chi connectivity index (χ0) is 18.3. The standard InChI is InChI=1S/C16H25N3O4S/c1-6-8-11(18-15(22)23-16(3,4)5)13(21)19(12(20)7-2)14-17-9-10-24-14/h9-11H,6-8H2,1-5H3,(H,18,22). The molecule has 134 valence electrons. The van der Waals surface area contributed by atoms with Gasteiger partial charge in [0.1, 0.15) is 11.6 Å². The molecule has 1 aromatic rings. The van der Waals surface area contributed by atoms with E-state index in [1.54, 1.807) is 33.1 Å². The van der Waals surface area contributed by atoms with E-state index in [0.717, 1.165) is 4.90 Å². The molecule has 0 aliphatic carbocycles. The molecule has 0 radical (unpaired) electrons. The summed E-state index contributed by atoms with van der Waals surface area (Å²) in [6.07, 6.45) is 2.07. The van der Waals surface area contributed by atoms with Crippen LogP contribution in [0.4, 0.5) is 9.93 Å². The number of aromatic nitrogens is 1. The molecular weight excluding hydrogens is 330 g/mol. The van der Waals surface area contributed by atoms with Gasteiger partial charge in [-0.15, -0.1) is 11.3 Å². The van der Waals surface area contributed by atoms with Gasteiger partial charge in [-0.25, -0.2) is 14.7 Å². The van der Waals surface area contributed by atoms with E-state index >= 15 is 0 Å². The first-order chi connectivity index (χ1) is 11.2. The number of hydrogen-bond acceptors (Lipinski definition) is 6. The number of carbonyl (C=O) groups excluding carboxylic acids is 3. The van der Waals surface area contributed by atoms with Gasteiger partial charge in [-0.1, -0.05) is 20.3 Å². The van der Waals surface area contributed by atoms with E-state index < -0.39 is 23.6 Å². The highest BCUT2D eigenvalue weighted by Crippen LogP contribution is 2.20. The van der Waals surface area contributed by atoms with Crippen LogP contribution in [0.2, 0.25) is 0 Å². The lowest BCUT2D eigenvalue weighted by Gasteiger charge is -2.26. The number of ether oxygens (including phenoxy) is 1. The van der Waals surface area contributed by atoms with Crippen molar-refractivity contribution in [3.63, 3.8) is 0 Å². The van der Waals surface area contributed by atoms with Crippen LogP contribution in [0.25, 0.3) is 0 Å². The second-order valence-electron chi connectivity index (χ2n) is 6.22. The average Bonchev–Trinajstić information content (AvgIpc) is 2.98. The molecule has 0 aliphatic rings. The zero-order valence-electron chi connectivity index (χ0n) is 14.8. The summed E-state index contributed by atoms with van der Waals surface area (Å²) in [7, 11) is 0. The van der Waals surface area contributed by atoms with E-state index in [0.29, 0.717) is 18.0 Å². The Labute approximate surface area is 146 Å². The molecule has 7 nitrogen and oxygen atoms in total. The fourth-order valence-corrected chi connectivity index (χ4v) is 2.62. The van der Waals surface area contributed by atoms with E-state index in [4.69, 9.17) is 4.74 Å². The third kappa shape index (κ3) is 5.92. The molecule has 0 fully saturated rings. The maximum Gasteiger partial charge on any atom is 0.408 e. The van der Waals surface area contributed by atoms with Crippen LogP contribution in [0.3, 0.4) is 0 Å². The highest BCUT2D eigenvalue weighted by molar-refractivity contribution is 7.14. The van der Waals surface area contributed by atoms with E-state index in [1.165, 1.54) is 17.5 Å². The van der Waals surface area contributed by atoms with Crippen molar-refractivity contribution < 1.29 is 19.1 Å². The van der Waals surface area contributed by atoms with Crippen LogP contribution in [0.15, 0.2) is 11.6 Å². The number of alkyl carbamates (subject to hydrolysis) is 1. The fraction of sp³-hybridized carbons (Fsp3) is 0.625. The Morgan fingerprint density at radius 3 is 2.46 bits per heavy atom. The molecule has 3 amide bonds. The minimum Gasteiger partial charge on any atom is -0.444 e. The molecule has 8 heteroatoms. The monoisotopic (exact) mass is 355 g/mol. The smallest absolute Gasteiger partial charge is 0.408 e. The van der Waals surface area contributed by atoms with Crippen LogP contribution in [0.5, 0.6) is 0 Å². The van der Waals surface area contributed by atoms with E-state index in [9.17, 15) is 14.4 Å². The van der Waals surface area contributed by atoms with Crippen LogP contribution in [0.1, 0.15) is 53.9 Å². The summed E-state index contributed by atoms with van der Waals surface area (Å²) in [6.45, 7) is 8.79. The topological polar surface area (TPSA) is 88.6 Å². The third-order valence-corrected chi connectivity index (χ3v) is 3.71. The van der Waals surface area contributed by atoms with Crippen molar-refractivity contribution in [2.24, 2.45) is 0 Å². The lowest BCUT2D eigenvalue weighted by Crippen LogP contribution is -2.51. The Balaban J connectivity index is 2.97. The summed E-state index contributed by atoms with van der Waals surface area (Å²) < 4.78 is 5.20. The maximum atomic E-state index is 12.8. The summed E-state index contributed by atoms with van der Waals surface area (Å²) >= 11 is 1.20. The maximum absolute atomic E-state index is 12.8. The Morgan fingerprint density at radius 2 is 2.00 bits per heavy atom. The van der Waals surface area contributed by atoms with Crippen molar-refractivity contribution in [2.75, 3.05) is 4.90 Å². The number of carbonyl (C=O) groups is 3. The van der Waals surface area contributed by atoms with Crippen molar-refractivity contribution in [3.05, 3.63) is 11.6 Å². The summed E-state index contributed by atoms with van der Waals surface area (Å²) in [4.78, 5) is 42.1. The van der Waals surface area contributed by atoms with Gasteiger partial charge in [0.2, 0.25) is 5.91 Å². The third-order valence-electron chi connectivity index (χ3n) is 2.95. The van der Waals surface area contributed by atoms with E-state index in [-0.39, 0.29) is 12.3 Å². The molecule has 0 spiro atoms. The Bertz CT molecular complexity index is 566. The van der Waals surface area contributed by atoms with Crippen LogP contribution in [-0.4, -0.2) is 34.5 Å². The molecule has 24 heavy (non-hydrogen) atoms. The molecule has 0 bridgehead atoms. The van der Waals surface area contributed by atoms with Gasteiger partial charge in [0, 0.05) is 18.0 Å². The van der Waals surface area contributed by atoms with Gasteiger partial charge in [-0.2, -0.15) is 0 Å². The molecule has 1 heterocycles. The number of rotatable bonds is 6. The van der Waals surface area contributed by atoms with Gasteiger partial charge in [-0.05, 0) is 27.2 Å². The summed E-state index contributed by atoms with van der Waals surface area (Å²) in [6, 6.07) is -0.843. The average molecular weight is 355 g/mol. The fourth-order valence-electron chi connectivity index (χ4n) is 1.96. The van der Waals surface area contributed by atoms with Crippen LogP contribution in [0, 0.1) is 0 Å². The molecule has 1 N–H and O–H groups in total. The van der Waals surface area contributed by atoms with Gasteiger partial charge in [0.05, 0.1) is 0 Å². The van der Waals surface area contributed by atoms with Crippen molar-refractivity contribution in [1.82, 2.24) is 10.3 Å². The predicted molar refractivity (Wildman–Crippen MR) is 93.0 cm³/mol. The van der Waals surface area contributed by atoms with Crippen molar-refractivity contribution in [2.45, 2.75) is 65.5 Å². The molecule has 0 saturated carbocycles. The Morgan fingerprint density at radius 1 is 1.33 bits per heavy atom. The van der Waals surface area contributed by atoms with Crippen molar-refractivity contribution >= 4 is 34.4 Å². The number of hydrogen-bond donors (Lipinski definition) is 1. The number of nitrogens with zero attached hydrogens (tertiary/aromatic N) is 2. The molecule has 0 aromatic carbocycles. The summed E-state index contributed by atoms with van der Waals surface area (Å²) in [5, 5.41) is 4.56. The number of nitrogens with one attached hydrogen (secondary N) is 1.